The Kier molecular flexibility index (Phi) is 4.23. The first-order chi connectivity index (χ1) is 8.58. The summed E-state index contributed by atoms with van der Waals surface area (Å²) in [4.78, 5) is 9.71. The fourth-order valence-corrected chi connectivity index (χ4v) is 2.40. The largest absolute Gasteiger partial charge is 0.354 e. The predicted molar refractivity (Wildman–Crippen MR) is 77.2 cm³/mol. The summed E-state index contributed by atoms with van der Waals surface area (Å²) in [6.07, 6.45) is 0. The zero-order chi connectivity index (χ0) is 13.1. The molecule has 1 aromatic heterocycles. The van der Waals surface area contributed by atoms with E-state index in [2.05, 4.69) is 55.7 Å². The van der Waals surface area contributed by atoms with Crippen LogP contribution in [0.25, 0.3) is 0 Å². The van der Waals surface area contributed by atoms with Gasteiger partial charge < -0.3 is 4.90 Å². The van der Waals surface area contributed by atoms with Gasteiger partial charge >= 0.3 is 0 Å². The molecular formula is C15H25N3. The Balaban J connectivity index is 2.03. The maximum absolute atomic E-state index is 4.77. The molecule has 3 nitrogen and oxygen atoms in total. The molecule has 0 bridgehead atoms. The maximum Gasteiger partial charge on any atom is 0.128 e. The average Bonchev–Trinajstić information content (AvgIpc) is 2.39. The van der Waals surface area contributed by atoms with Crippen molar-refractivity contribution >= 4 is 5.82 Å². The number of anilines is 1. The van der Waals surface area contributed by atoms with E-state index in [0.717, 1.165) is 32.0 Å². The molecule has 1 aliphatic heterocycles. The Bertz CT molecular complexity index is 379. The third-order valence-corrected chi connectivity index (χ3v) is 3.72. The van der Waals surface area contributed by atoms with Crippen molar-refractivity contribution in [2.24, 2.45) is 0 Å². The molecule has 1 saturated heterocycles. The molecule has 0 N–H and O–H groups in total. The lowest BCUT2D eigenvalue weighted by molar-refractivity contribution is 0.209. The lowest BCUT2D eigenvalue weighted by Gasteiger charge is -2.37. The van der Waals surface area contributed by atoms with Crippen LogP contribution in [0.15, 0.2) is 18.2 Å². The fourth-order valence-electron chi connectivity index (χ4n) is 2.40. The smallest absolute Gasteiger partial charge is 0.128 e. The summed E-state index contributed by atoms with van der Waals surface area (Å²) < 4.78 is 0. The molecule has 100 valence electrons. The van der Waals surface area contributed by atoms with E-state index >= 15 is 0 Å². The molecule has 1 aliphatic rings. The van der Waals surface area contributed by atoms with Gasteiger partial charge in [-0.25, -0.2) is 4.98 Å². The highest BCUT2D eigenvalue weighted by Gasteiger charge is 2.19. The Labute approximate surface area is 111 Å². The molecule has 0 aliphatic carbocycles. The third-order valence-electron chi connectivity index (χ3n) is 3.72. The second-order valence-electron chi connectivity index (χ2n) is 5.69. The molecule has 0 spiro atoms. The van der Waals surface area contributed by atoms with Crippen LogP contribution in [0.2, 0.25) is 0 Å². The van der Waals surface area contributed by atoms with E-state index in [1.807, 2.05) is 0 Å². The van der Waals surface area contributed by atoms with Gasteiger partial charge in [0.1, 0.15) is 5.82 Å². The molecular weight excluding hydrogens is 222 g/mol. The van der Waals surface area contributed by atoms with E-state index in [0.29, 0.717) is 12.0 Å². The van der Waals surface area contributed by atoms with Crippen LogP contribution < -0.4 is 4.90 Å². The molecule has 0 amide bonds. The summed E-state index contributed by atoms with van der Waals surface area (Å²) in [5.74, 6) is 1.64. The molecule has 2 heterocycles. The lowest BCUT2D eigenvalue weighted by Crippen LogP contribution is -2.49. The highest BCUT2D eigenvalue weighted by atomic mass is 15.3. The standard InChI is InChI=1S/C15H25N3/c1-12(2)14-6-5-7-15(16-14)18-10-8-17(9-11-18)13(3)4/h5-7,12-13H,8-11H2,1-4H3. The van der Waals surface area contributed by atoms with Crippen molar-refractivity contribution in [2.75, 3.05) is 31.1 Å². The van der Waals surface area contributed by atoms with E-state index < -0.39 is 0 Å². The number of hydrogen-bond acceptors (Lipinski definition) is 3. The van der Waals surface area contributed by atoms with Crippen molar-refractivity contribution in [3.05, 3.63) is 23.9 Å². The van der Waals surface area contributed by atoms with Crippen LogP contribution in [0, 0.1) is 0 Å². The van der Waals surface area contributed by atoms with Gasteiger partial charge in [-0.3, -0.25) is 4.90 Å². The van der Waals surface area contributed by atoms with Crippen LogP contribution in [0.1, 0.15) is 39.3 Å². The SMILES string of the molecule is CC(C)c1cccc(N2CCN(C(C)C)CC2)n1. The monoisotopic (exact) mass is 247 g/mol. The van der Waals surface area contributed by atoms with Crippen LogP contribution in [0.5, 0.6) is 0 Å². The minimum absolute atomic E-state index is 0.502. The zero-order valence-electron chi connectivity index (χ0n) is 12.1. The minimum atomic E-state index is 0.502. The highest BCUT2D eigenvalue weighted by molar-refractivity contribution is 5.40. The van der Waals surface area contributed by atoms with E-state index in [9.17, 15) is 0 Å². The van der Waals surface area contributed by atoms with Gasteiger partial charge in [0.25, 0.3) is 0 Å². The number of rotatable bonds is 3. The molecule has 0 unspecified atom stereocenters. The van der Waals surface area contributed by atoms with Crippen LogP contribution in [-0.2, 0) is 0 Å². The van der Waals surface area contributed by atoms with Crippen molar-refractivity contribution in [1.82, 2.24) is 9.88 Å². The molecule has 18 heavy (non-hydrogen) atoms. The van der Waals surface area contributed by atoms with Crippen molar-refractivity contribution in [3.63, 3.8) is 0 Å². The normalized spacial score (nSPS) is 17.8. The first kappa shape index (κ1) is 13.3. The average molecular weight is 247 g/mol. The molecule has 0 radical (unpaired) electrons. The molecule has 1 fully saturated rings. The van der Waals surface area contributed by atoms with Gasteiger partial charge in [-0.2, -0.15) is 0 Å². The molecule has 1 aromatic rings. The van der Waals surface area contributed by atoms with E-state index in [4.69, 9.17) is 4.98 Å². The molecule has 0 aromatic carbocycles. The Morgan fingerprint density at radius 1 is 1.00 bits per heavy atom. The minimum Gasteiger partial charge on any atom is -0.354 e. The van der Waals surface area contributed by atoms with Crippen molar-refractivity contribution in [1.29, 1.82) is 0 Å². The van der Waals surface area contributed by atoms with Crippen LogP contribution in [0.4, 0.5) is 5.82 Å². The molecule has 2 rings (SSSR count). The Morgan fingerprint density at radius 3 is 2.22 bits per heavy atom. The molecule has 0 saturated carbocycles. The third kappa shape index (κ3) is 3.02. The first-order valence-electron chi connectivity index (χ1n) is 7.04. The summed E-state index contributed by atoms with van der Waals surface area (Å²) in [7, 11) is 0. The van der Waals surface area contributed by atoms with Crippen molar-refractivity contribution in [3.8, 4) is 0 Å². The Morgan fingerprint density at radius 2 is 1.67 bits per heavy atom. The lowest BCUT2D eigenvalue weighted by atomic mass is 10.1. The second kappa shape index (κ2) is 5.70. The maximum atomic E-state index is 4.77. The topological polar surface area (TPSA) is 19.4 Å². The quantitative estimate of drug-likeness (QED) is 0.818. The summed E-state index contributed by atoms with van der Waals surface area (Å²) in [6.45, 7) is 13.4. The van der Waals surface area contributed by atoms with Crippen molar-refractivity contribution < 1.29 is 0 Å². The number of aromatic nitrogens is 1. The van der Waals surface area contributed by atoms with E-state index in [-0.39, 0.29) is 0 Å². The van der Waals surface area contributed by atoms with E-state index in [1.54, 1.807) is 0 Å². The van der Waals surface area contributed by atoms with Crippen molar-refractivity contribution in [2.45, 2.75) is 39.7 Å². The molecule has 3 heteroatoms. The summed E-state index contributed by atoms with van der Waals surface area (Å²) in [6, 6.07) is 7.05. The van der Waals surface area contributed by atoms with Crippen LogP contribution in [-0.4, -0.2) is 42.1 Å². The van der Waals surface area contributed by atoms with E-state index in [1.165, 1.54) is 5.69 Å². The molecule has 0 atom stereocenters. The van der Waals surface area contributed by atoms with Gasteiger partial charge in [0.05, 0.1) is 0 Å². The zero-order valence-corrected chi connectivity index (χ0v) is 12.1. The summed E-state index contributed by atoms with van der Waals surface area (Å²) in [5.41, 5.74) is 1.19. The van der Waals surface area contributed by atoms with Crippen LogP contribution >= 0.6 is 0 Å². The van der Waals surface area contributed by atoms with Crippen LogP contribution in [0.3, 0.4) is 0 Å². The van der Waals surface area contributed by atoms with Gasteiger partial charge in [-0.05, 0) is 31.9 Å². The van der Waals surface area contributed by atoms with Gasteiger partial charge in [0.15, 0.2) is 0 Å². The fraction of sp³-hybridized carbons (Fsp3) is 0.667. The summed E-state index contributed by atoms with van der Waals surface area (Å²) in [5, 5.41) is 0. The van der Waals surface area contributed by atoms with Gasteiger partial charge in [-0.15, -0.1) is 0 Å². The number of nitrogens with zero attached hydrogens (tertiary/aromatic N) is 3. The number of hydrogen-bond donors (Lipinski definition) is 0. The second-order valence-corrected chi connectivity index (χ2v) is 5.69. The summed E-state index contributed by atoms with van der Waals surface area (Å²) >= 11 is 0. The number of piperazine rings is 1. The van der Waals surface area contributed by atoms with Gasteiger partial charge in [0.2, 0.25) is 0 Å². The number of pyridine rings is 1. The first-order valence-corrected chi connectivity index (χ1v) is 7.04. The Hall–Kier alpha value is -1.09. The van der Waals surface area contributed by atoms with Gasteiger partial charge in [0, 0.05) is 37.9 Å². The predicted octanol–water partition coefficient (Wildman–Crippen LogP) is 2.74. The van der Waals surface area contributed by atoms with Gasteiger partial charge in [-0.1, -0.05) is 19.9 Å². The highest BCUT2D eigenvalue weighted by Crippen LogP contribution is 2.18.